The lowest BCUT2D eigenvalue weighted by molar-refractivity contribution is -0.124. The van der Waals surface area contributed by atoms with Crippen molar-refractivity contribution in [2.24, 2.45) is 13.0 Å². The standard InChI is InChI=1S/C20H22FN7O/c1-27-19(17-10-16(23-24-17)13-4-2-3-5-14(13)21)25-26-20(27)28-9-8-15-12(11-28)6-7-18(29)22-15/h2-5,10,12,15H,6-9,11H2,1H3,(H,22,29)(H,23,24). The monoisotopic (exact) mass is 395 g/mol. The number of halogens is 1. The minimum absolute atomic E-state index is 0.158. The molecule has 2 N–H and O–H groups in total. The average molecular weight is 395 g/mol. The van der Waals surface area contributed by atoms with Gasteiger partial charge in [0.15, 0.2) is 5.82 Å². The number of carbonyl (C=O) groups is 1. The molecule has 1 amide bonds. The molecule has 9 heteroatoms. The number of benzene rings is 1. The summed E-state index contributed by atoms with van der Waals surface area (Å²) in [5, 5.41) is 19.0. The maximum Gasteiger partial charge on any atom is 0.227 e. The van der Waals surface area contributed by atoms with Crippen molar-refractivity contribution in [3.8, 4) is 22.8 Å². The fourth-order valence-electron chi connectivity index (χ4n) is 4.37. The summed E-state index contributed by atoms with van der Waals surface area (Å²) in [7, 11) is 1.92. The molecule has 8 nitrogen and oxygen atoms in total. The Morgan fingerprint density at radius 2 is 2.07 bits per heavy atom. The number of nitrogens with zero attached hydrogens (tertiary/aromatic N) is 5. The molecule has 1 aromatic carbocycles. The Morgan fingerprint density at radius 3 is 2.93 bits per heavy atom. The van der Waals surface area contributed by atoms with Crippen LogP contribution in [0.15, 0.2) is 30.3 Å². The molecule has 2 unspecified atom stereocenters. The summed E-state index contributed by atoms with van der Waals surface area (Å²) in [5.41, 5.74) is 1.66. The van der Waals surface area contributed by atoms with Crippen LogP contribution < -0.4 is 10.2 Å². The van der Waals surface area contributed by atoms with Crippen LogP contribution in [-0.2, 0) is 11.8 Å². The Labute approximate surface area is 167 Å². The normalized spacial score (nSPS) is 21.7. The topological polar surface area (TPSA) is 91.7 Å². The van der Waals surface area contributed by atoms with Gasteiger partial charge in [0.25, 0.3) is 0 Å². The number of anilines is 1. The number of amides is 1. The van der Waals surface area contributed by atoms with E-state index < -0.39 is 0 Å². The molecule has 4 heterocycles. The van der Waals surface area contributed by atoms with Crippen molar-refractivity contribution in [2.45, 2.75) is 25.3 Å². The first-order valence-electron chi connectivity index (χ1n) is 9.84. The number of hydrogen-bond donors (Lipinski definition) is 2. The molecule has 2 fully saturated rings. The van der Waals surface area contributed by atoms with Gasteiger partial charge in [-0.2, -0.15) is 5.10 Å². The van der Waals surface area contributed by atoms with Crippen LogP contribution in [0.5, 0.6) is 0 Å². The zero-order valence-corrected chi connectivity index (χ0v) is 16.1. The van der Waals surface area contributed by atoms with Gasteiger partial charge in [0.1, 0.15) is 11.5 Å². The summed E-state index contributed by atoms with van der Waals surface area (Å²) in [6.45, 7) is 1.66. The van der Waals surface area contributed by atoms with Gasteiger partial charge in [-0.05, 0) is 37.0 Å². The minimum atomic E-state index is -0.313. The van der Waals surface area contributed by atoms with E-state index in [9.17, 15) is 9.18 Å². The summed E-state index contributed by atoms with van der Waals surface area (Å²) in [4.78, 5) is 13.9. The molecule has 0 spiro atoms. The van der Waals surface area contributed by atoms with Gasteiger partial charge >= 0.3 is 0 Å². The number of fused-ring (bicyclic) bond motifs is 1. The first kappa shape index (κ1) is 17.8. The van der Waals surface area contributed by atoms with E-state index >= 15 is 0 Å². The third-order valence-electron chi connectivity index (χ3n) is 5.93. The molecule has 0 saturated carbocycles. The summed E-state index contributed by atoms with van der Waals surface area (Å²) in [6.07, 6.45) is 2.40. The molecule has 0 radical (unpaired) electrons. The third-order valence-corrected chi connectivity index (χ3v) is 5.93. The zero-order valence-electron chi connectivity index (χ0n) is 16.1. The molecular formula is C20H22FN7O. The van der Waals surface area contributed by atoms with Crippen LogP contribution >= 0.6 is 0 Å². The van der Waals surface area contributed by atoms with E-state index in [1.807, 2.05) is 11.6 Å². The fraction of sp³-hybridized carbons (Fsp3) is 0.400. The molecule has 0 bridgehead atoms. The molecule has 5 rings (SSSR count). The number of piperidine rings is 2. The van der Waals surface area contributed by atoms with Gasteiger partial charge in [-0.15, -0.1) is 10.2 Å². The molecule has 2 aromatic heterocycles. The fourth-order valence-corrected chi connectivity index (χ4v) is 4.37. The molecule has 150 valence electrons. The largest absolute Gasteiger partial charge is 0.353 e. The molecule has 3 aromatic rings. The van der Waals surface area contributed by atoms with Crippen molar-refractivity contribution in [3.63, 3.8) is 0 Å². The van der Waals surface area contributed by atoms with E-state index in [2.05, 4.69) is 30.6 Å². The van der Waals surface area contributed by atoms with Crippen molar-refractivity contribution in [1.82, 2.24) is 30.3 Å². The summed E-state index contributed by atoms with van der Waals surface area (Å²) >= 11 is 0. The smallest absolute Gasteiger partial charge is 0.227 e. The predicted molar refractivity (Wildman–Crippen MR) is 105 cm³/mol. The van der Waals surface area contributed by atoms with Gasteiger partial charge < -0.3 is 10.2 Å². The van der Waals surface area contributed by atoms with Crippen molar-refractivity contribution in [2.75, 3.05) is 18.0 Å². The Hall–Kier alpha value is -3.23. The third kappa shape index (κ3) is 3.16. The SMILES string of the molecule is Cn1c(-c2cc(-c3ccccc3F)n[nH]2)nnc1N1CCC2NC(=O)CCC2C1. The van der Waals surface area contributed by atoms with Crippen molar-refractivity contribution >= 4 is 11.9 Å². The molecule has 0 aliphatic carbocycles. The average Bonchev–Trinajstić information content (AvgIpc) is 3.35. The van der Waals surface area contributed by atoms with E-state index in [1.54, 1.807) is 24.3 Å². The van der Waals surface area contributed by atoms with Crippen molar-refractivity contribution in [1.29, 1.82) is 0 Å². The Balaban J connectivity index is 1.38. The van der Waals surface area contributed by atoms with Gasteiger partial charge in [0.2, 0.25) is 11.9 Å². The van der Waals surface area contributed by atoms with E-state index in [-0.39, 0.29) is 17.8 Å². The Kier molecular flexibility index (Phi) is 4.30. The number of nitrogens with one attached hydrogen (secondary N) is 2. The van der Waals surface area contributed by atoms with E-state index in [4.69, 9.17) is 0 Å². The van der Waals surface area contributed by atoms with Crippen molar-refractivity contribution in [3.05, 3.63) is 36.1 Å². The van der Waals surface area contributed by atoms with Crippen LogP contribution in [0.2, 0.25) is 0 Å². The van der Waals surface area contributed by atoms with Gasteiger partial charge in [-0.3, -0.25) is 14.5 Å². The highest BCUT2D eigenvalue weighted by molar-refractivity contribution is 5.77. The lowest BCUT2D eigenvalue weighted by Gasteiger charge is -2.41. The van der Waals surface area contributed by atoms with Gasteiger partial charge in [0.05, 0.1) is 5.69 Å². The number of carbonyl (C=O) groups excluding carboxylic acids is 1. The Morgan fingerprint density at radius 1 is 1.21 bits per heavy atom. The van der Waals surface area contributed by atoms with E-state index in [0.717, 1.165) is 31.9 Å². The molecule has 2 aliphatic rings. The molecular weight excluding hydrogens is 373 g/mol. The maximum atomic E-state index is 14.1. The van der Waals surface area contributed by atoms with Crippen LogP contribution in [0.1, 0.15) is 19.3 Å². The summed E-state index contributed by atoms with van der Waals surface area (Å²) < 4.78 is 16.0. The lowest BCUT2D eigenvalue weighted by atomic mass is 9.85. The first-order valence-corrected chi connectivity index (χ1v) is 9.84. The molecule has 2 saturated heterocycles. The second kappa shape index (κ2) is 6.98. The maximum absolute atomic E-state index is 14.1. The number of H-pyrrole nitrogens is 1. The van der Waals surface area contributed by atoms with Crippen LogP contribution in [0.4, 0.5) is 10.3 Å². The highest BCUT2D eigenvalue weighted by atomic mass is 19.1. The minimum Gasteiger partial charge on any atom is -0.353 e. The quantitative estimate of drug-likeness (QED) is 0.709. The first-order chi connectivity index (χ1) is 14.1. The van der Waals surface area contributed by atoms with Crippen LogP contribution in [0, 0.1) is 11.7 Å². The lowest BCUT2D eigenvalue weighted by Crippen LogP contribution is -2.54. The van der Waals surface area contributed by atoms with Gasteiger partial charge in [-0.25, -0.2) is 4.39 Å². The summed E-state index contributed by atoms with van der Waals surface area (Å²) in [6, 6.07) is 8.60. The van der Waals surface area contributed by atoms with E-state index in [0.29, 0.717) is 35.1 Å². The van der Waals surface area contributed by atoms with E-state index in [1.165, 1.54) is 6.07 Å². The summed E-state index contributed by atoms with van der Waals surface area (Å²) in [5.74, 6) is 1.71. The van der Waals surface area contributed by atoms with Crippen LogP contribution in [0.3, 0.4) is 0 Å². The highest BCUT2D eigenvalue weighted by Crippen LogP contribution is 2.30. The zero-order chi connectivity index (χ0) is 20.0. The van der Waals surface area contributed by atoms with Crippen molar-refractivity contribution < 1.29 is 9.18 Å². The van der Waals surface area contributed by atoms with Gasteiger partial charge in [0, 0.05) is 38.2 Å². The second-order valence-corrected chi connectivity index (χ2v) is 7.74. The second-order valence-electron chi connectivity index (χ2n) is 7.74. The van der Waals surface area contributed by atoms with Crippen LogP contribution in [-0.4, -0.2) is 50.0 Å². The van der Waals surface area contributed by atoms with Crippen LogP contribution in [0.25, 0.3) is 22.8 Å². The van der Waals surface area contributed by atoms with Gasteiger partial charge in [-0.1, -0.05) is 12.1 Å². The number of hydrogen-bond acceptors (Lipinski definition) is 5. The number of aromatic nitrogens is 5. The number of aromatic amines is 1. The molecule has 29 heavy (non-hydrogen) atoms. The molecule has 2 aliphatic heterocycles. The molecule has 2 atom stereocenters. The predicted octanol–water partition coefficient (Wildman–Crippen LogP) is 2.12. The highest BCUT2D eigenvalue weighted by Gasteiger charge is 2.35. The number of rotatable bonds is 3. The Bertz CT molecular complexity index is 1060.